The molecule has 0 aliphatic carbocycles. The van der Waals surface area contributed by atoms with Gasteiger partial charge in [-0.25, -0.2) is 0 Å². The van der Waals surface area contributed by atoms with Gasteiger partial charge >= 0.3 is 0 Å². The van der Waals surface area contributed by atoms with Gasteiger partial charge < -0.3 is 5.32 Å². The number of hydrogen-bond donors (Lipinski definition) is 1. The molecule has 0 amide bonds. The summed E-state index contributed by atoms with van der Waals surface area (Å²) in [6.07, 6.45) is 9.06. The van der Waals surface area contributed by atoms with Gasteiger partial charge in [-0.3, -0.25) is 9.78 Å². The van der Waals surface area contributed by atoms with E-state index in [1.165, 1.54) is 0 Å². The first-order valence-electron chi connectivity index (χ1n) is 4.59. The van der Waals surface area contributed by atoms with Crippen LogP contribution in [0.25, 0.3) is 6.08 Å². The minimum Gasteiger partial charge on any atom is -0.319 e. The molecule has 0 radical (unpaired) electrons. The summed E-state index contributed by atoms with van der Waals surface area (Å²) in [6.45, 7) is 0.938. The fourth-order valence-corrected chi connectivity index (χ4v) is 1.10. The van der Waals surface area contributed by atoms with E-state index in [1.54, 1.807) is 18.5 Å². The van der Waals surface area contributed by atoms with Crippen LogP contribution in [-0.4, -0.2) is 24.9 Å². The van der Waals surface area contributed by atoms with Crippen LogP contribution in [-0.2, 0) is 0 Å². The first-order chi connectivity index (χ1) is 6.88. The van der Waals surface area contributed by atoms with Crippen molar-refractivity contribution in [3.05, 3.63) is 35.7 Å². The molecule has 1 heterocycles. The van der Waals surface area contributed by atoms with Gasteiger partial charge in [0.2, 0.25) is 0 Å². The number of rotatable bonds is 5. The fraction of sp³-hybridized carbons (Fsp3) is 0.273. The highest BCUT2D eigenvalue weighted by molar-refractivity contribution is 5.81. The molecule has 0 aromatic carbocycles. The van der Waals surface area contributed by atoms with Crippen molar-refractivity contribution < 1.29 is 4.79 Å². The first kappa shape index (κ1) is 10.6. The van der Waals surface area contributed by atoms with Crippen LogP contribution in [0.1, 0.15) is 22.3 Å². The molecule has 1 aromatic rings. The number of aromatic nitrogens is 1. The Balaban J connectivity index is 2.65. The van der Waals surface area contributed by atoms with Crippen LogP contribution in [0.5, 0.6) is 0 Å². The van der Waals surface area contributed by atoms with Crippen molar-refractivity contribution >= 4 is 12.4 Å². The van der Waals surface area contributed by atoms with Crippen LogP contribution >= 0.6 is 0 Å². The zero-order valence-electron chi connectivity index (χ0n) is 8.23. The summed E-state index contributed by atoms with van der Waals surface area (Å²) in [7, 11) is 1.91. The maximum Gasteiger partial charge on any atom is 0.150 e. The zero-order chi connectivity index (χ0) is 10.2. The van der Waals surface area contributed by atoms with Crippen LogP contribution in [0, 0.1) is 0 Å². The smallest absolute Gasteiger partial charge is 0.150 e. The van der Waals surface area contributed by atoms with Gasteiger partial charge in [0, 0.05) is 23.5 Å². The van der Waals surface area contributed by atoms with Crippen molar-refractivity contribution in [2.75, 3.05) is 13.6 Å². The van der Waals surface area contributed by atoms with Crippen LogP contribution in [0.3, 0.4) is 0 Å². The number of hydrogen-bond acceptors (Lipinski definition) is 3. The Kier molecular flexibility index (Phi) is 4.58. The highest BCUT2D eigenvalue weighted by Gasteiger charge is 1.95. The number of aldehydes is 1. The molecule has 1 rings (SSSR count). The van der Waals surface area contributed by atoms with Crippen LogP contribution in [0.4, 0.5) is 0 Å². The average Bonchev–Trinajstić information content (AvgIpc) is 2.25. The fourth-order valence-electron chi connectivity index (χ4n) is 1.10. The molecule has 0 unspecified atom stereocenters. The van der Waals surface area contributed by atoms with E-state index in [1.807, 2.05) is 19.2 Å². The number of pyridine rings is 1. The maximum absolute atomic E-state index is 10.6. The molecule has 3 nitrogen and oxygen atoms in total. The highest BCUT2D eigenvalue weighted by Crippen LogP contribution is 2.06. The summed E-state index contributed by atoms with van der Waals surface area (Å²) in [5.41, 5.74) is 1.55. The summed E-state index contributed by atoms with van der Waals surface area (Å²) >= 11 is 0. The van der Waals surface area contributed by atoms with Gasteiger partial charge in [0.15, 0.2) is 6.29 Å². The van der Waals surface area contributed by atoms with Crippen LogP contribution in [0.2, 0.25) is 0 Å². The molecule has 0 fully saturated rings. The van der Waals surface area contributed by atoms with E-state index < -0.39 is 0 Å². The molecule has 0 saturated heterocycles. The standard InChI is InChI=1S/C11H14N2O/c1-12-6-3-2-4-10-8-13-7-5-11(10)9-14/h2,4-5,7-9,12H,3,6H2,1H3. The average molecular weight is 190 g/mol. The molecule has 3 heteroatoms. The topological polar surface area (TPSA) is 42.0 Å². The van der Waals surface area contributed by atoms with Gasteiger partial charge in [-0.15, -0.1) is 0 Å². The van der Waals surface area contributed by atoms with Crippen LogP contribution in [0.15, 0.2) is 24.5 Å². The molecule has 0 atom stereocenters. The normalized spacial score (nSPS) is 10.6. The number of carbonyl (C=O) groups is 1. The van der Waals surface area contributed by atoms with Crippen molar-refractivity contribution in [3.63, 3.8) is 0 Å². The molecule has 0 aliphatic heterocycles. The summed E-state index contributed by atoms with van der Waals surface area (Å²) in [4.78, 5) is 14.6. The Morgan fingerprint density at radius 1 is 1.50 bits per heavy atom. The molecule has 0 bridgehead atoms. The third-order valence-electron chi connectivity index (χ3n) is 1.87. The van der Waals surface area contributed by atoms with Gasteiger partial charge in [0.25, 0.3) is 0 Å². The largest absolute Gasteiger partial charge is 0.319 e. The maximum atomic E-state index is 10.6. The van der Waals surface area contributed by atoms with Crippen molar-refractivity contribution in [2.45, 2.75) is 6.42 Å². The summed E-state index contributed by atoms with van der Waals surface area (Å²) in [5, 5.41) is 3.05. The lowest BCUT2D eigenvalue weighted by Crippen LogP contribution is -2.05. The second-order valence-corrected chi connectivity index (χ2v) is 2.92. The summed E-state index contributed by atoms with van der Waals surface area (Å²) < 4.78 is 0. The van der Waals surface area contributed by atoms with Gasteiger partial charge in [0.1, 0.15) is 0 Å². The minimum absolute atomic E-state index is 0.681. The Hall–Kier alpha value is -1.48. The van der Waals surface area contributed by atoms with Crippen molar-refractivity contribution in [3.8, 4) is 0 Å². The van der Waals surface area contributed by atoms with Gasteiger partial charge in [-0.2, -0.15) is 0 Å². The van der Waals surface area contributed by atoms with Gasteiger partial charge in [0.05, 0.1) is 0 Å². The molecule has 1 aromatic heterocycles. The van der Waals surface area contributed by atoms with E-state index in [2.05, 4.69) is 10.3 Å². The first-order valence-corrected chi connectivity index (χ1v) is 4.59. The van der Waals surface area contributed by atoms with E-state index >= 15 is 0 Å². The Labute approximate surface area is 83.9 Å². The molecule has 0 spiro atoms. The minimum atomic E-state index is 0.681. The zero-order valence-corrected chi connectivity index (χ0v) is 8.23. The SMILES string of the molecule is CNCCC=Cc1cnccc1C=O. The Bertz CT molecular complexity index is 321. The van der Waals surface area contributed by atoms with E-state index in [0.717, 1.165) is 24.8 Å². The molecule has 0 aliphatic rings. The second kappa shape index (κ2) is 6.05. The molecule has 1 N–H and O–H groups in total. The van der Waals surface area contributed by atoms with Gasteiger partial charge in [-0.1, -0.05) is 12.2 Å². The van der Waals surface area contributed by atoms with Crippen molar-refractivity contribution in [1.82, 2.24) is 10.3 Å². The van der Waals surface area contributed by atoms with E-state index in [4.69, 9.17) is 0 Å². The molecule has 74 valence electrons. The van der Waals surface area contributed by atoms with E-state index in [-0.39, 0.29) is 0 Å². The monoisotopic (exact) mass is 190 g/mol. The van der Waals surface area contributed by atoms with Crippen molar-refractivity contribution in [1.29, 1.82) is 0 Å². The van der Waals surface area contributed by atoms with E-state index in [0.29, 0.717) is 5.56 Å². The number of carbonyl (C=O) groups excluding carboxylic acids is 1. The molecular formula is C11H14N2O. The lowest BCUT2D eigenvalue weighted by Gasteiger charge is -1.96. The number of nitrogens with zero attached hydrogens (tertiary/aromatic N) is 1. The summed E-state index contributed by atoms with van der Waals surface area (Å²) in [6, 6.07) is 1.71. The number of nitrogens with one attached hydrogen (secondary N) is 1. The van der Waals surface area contributed by atoms with Crippen molar-refractivity contribution in [2.24, 2.45) is 0 Å². The third kappa shape index (κ3) is 3.11. The third-order valence-corrected chi connectivity index (χ3v) is 1.87. The highest BCUT2D eigenvalue weighted by atomic mass is 16.1. The molecule has 0 saturated carbocycles. The molecular weight excluding hydrogens is 176 g/mol. The second-order valence-electron chi connectivity index (χ2n) is 2.92. The Morgan fingerprint density at radius 3 is 3.07 bits per heavy atom. The van der Waals surface area contributed by atoms with E-state index in [9.17, 15) is 4.79 Å². The predicted molar refractivity (Wildman–Crippen MR) is 57.2 cm³/mol. The predicted octanol–water partition coefficient (Wildman–Crippen LogP) is 1.52. The van der Waals surface area contributed by atoms with Gasteiger partial charge in [-0.05, 0) is 26.1 Å². The quantitative estimate of drug-likeness (QED) is 0.565. The summed E-state index contributed by atoms with van der Waals surface area (Å²) in [5.74, 6) is 0. The lowest BCUT2D eigenvalue weighted by atomic mass is 10.1. The molecule has 14 heavy (non-hydrogen) atoms. The van der Waals surface area contributed by atoms with Crippen LogP contribution < -0.4 is 5.32 Å². The Morgan fingerprint density at radius 2 is 2.36 bits per heavy atom. The lowest BCUT2D eigenvalue weighted by molar-refractivity contribution is 0.112.